The molecular formula is C23H34N4O5. The van der Waals surface area contributed by atoms with Crippen LogP contribution in [0.1, 0.15) is 25.0 Å². The molecular weight excluding hydrogens is 412 g/mol. The van der Waals surface area contributed by atoms with Gasteiger partial charge in [-0.1, -0.05) is 0 Å². The number of aliphatic hydroxyl groups is 3. The molecule has 2 rings (SSSR count). The summed E-state index contributed by atoms with van der Waals surface area (Å²) in [6.07, 6.45) is -0.765. The SMILES string of the molecule is CCN(CC(O)CO)c1ccc(N=O)c(C)c1.CCN(CCO)c1ccc(N=O)c(C)c1. The minimum absolute atomic E-state index is 0.126. The predicted octanol–water partition coefficient (Wildman–Crippen LogP) is 3.78. The molecule has 0 amide bonds. The Balaban J connectivity index is 0.000000323. The molecule has 0 saturated heterocycles. The monoisotopic (exact) mass is 446 g/mol. The zero-order chi connectivity index (χ0) is 24.1. The number of rotatable bonds is 11. The molecule has 0 fully saturated rings. The van der Waals surface area contributed by atoms with E-state index in [-0.39, 0.29) is 13.2 Å². The van der Waals surface area contributed by atoms with Gasteiger partial charge in [-0.05, 0) is 85.6 Å². The van der Waals surface area contributed by atoms with E-state index in [0.717, 1.165) is 29.0 Å². The Kier molecular flexibility index (Phi) is 12.1. The summed E-state index contributed by atoms with van der Waals surface area (Å²) in [6.45, 7) is 10.0. The number of benzene rings is 2. The standard InChI is InChI=1S/C12H18N2O3.C11H16N2O2/c1-3-14(7-11(16)8-15)10-4-5-12(13-17)9(2)6-10;1-3-13(6-7-14)10-4-5-11(12-15)9(2)8-10/h4-6,11,15-16H,3,7-8H2,1-2H3;4-5,8,14H,3,6-7H2,1-2H3. The second kappa shape index (κ2) is 14.2. The van der Waals surface area contributed by atoms with E-state index in [4.69, 9.17) is 10.2 Å². The van der Waals surface area contributed by atoms with Gasteiger partial charge < -0.3 is 25.1 Å². The molecule has 9 nitrogen and oxygen atoms in total. The Morgan fingerprint density at radius 2 is 1.31 bits per heavy atom. The summed E-state index contributed by atoms with van der Waals surface area (Å²) in [5.41, 5.74) is 4.47. The molecule has 0 spiro atoms. The molecule has 9 heteroatoms. The smallest absolute Gasteiger partial charge is 0.111 e. The van der Waals surface area contributed by atoms with Crippen molar-refractivity contribution in [3.05, 3.63) is 57.3 Å². The Hall–Kier alpha value is -2.88. The maximum atomic E-state index is 10.5. The van der Waals surface area contributed by atoms with Gasteiger partial charge in [-0.25, -0.2) is 0 Å². The van der Waals surface area contributed by atoms with Crippen molar-refractivity contribution in [2.45, 2.75) is 33.8 Å². The molecule has 0 saturated carbocycles. The number of anilines is 2. The zero-order valence-corrected chi connectivity index (χ0v) is 19.2. The first-order valence-electron chi connectivity index (χ1n) is 10.6. The first-order chi connectivity index (χ1) is 15.3. The van der Waals surface area contributed by atoms with Crippen molar-refractivity contribution in [1.82, 2.24) is 0 Å². The Bertz CT molecular complexity index is 862. The third-order valence-corrected chi connectivity index (χ3v) is 5.06. The summed E-state index contributed by atoms with van der Waals surface area (Å²) in [6, 6.07) is 10.8. The molecule has 0 bridgehead atoms. The highest BCUT2D eigenvalue weighted by atomic mass is 16.3. The molecule has 0 aliphatic heterocycles. The molecule has 0 heterocycles. The minimum atomic E-state index is -0.765. The van der Waals surface area contributed by atoms with E-state index < -0.39 is 6.10 Å². The van der Waals surface area contributed by atoms with Gasteiger partial charge in [0.25, 0.3) is 0 Å². The van der Waals surface area contributed by atoms with Gasteiger partial charge in [0.2, 0.25) is 0 Å². The number of hydrogen-bond donors (Lipinski definition) is 3. The van der Waals surface area contributed by atoms with Crippen molar-refractivity contribution in [2.75, 3.05) is 49.2 Å². The van der Waals surface area contributed by atoms with E-state index >= 15 is 0 Å². The van der Waals surface area contributed by atoms with Crippen molar-refractivity contribution >= 4 is 22.7 Å². The topological polar surface area (TPSA) is 126 Å². The van der Waals surface area contributed by atoms with E-state index in [1.807, 2.05) is 55.7 Å². The van der Waals surface area contributed by atoms with Gasteiger partial charge in [-0.2, -0.15) is 0 Å². The molecule has 32 heavy (non-hydrogen) atoms. The van der Waals surface area contributed by atoms with Gasteiger partial charge in [0.05, 0.1) is 19.3 Å². The largest absolute Gasteiger partial charge is 0.395 e. The maximum absolute atomic E-state index is 10.5. The molecule has 176 valence electrons. The van der Waals surface area contributed by atoms with Crippen LogP contribution in [0.25, 0.3) is 0 Å². The van der Waals surface area contributed by atoms with Crippen LogP contribution in [0.5, 0.6) is 0 Å². The lowest BCUT2D eigenvalue weighted by molar-refractivity contribution is 0.100. The second-order valence-corrected chi connectivity index (χ2v) is 7.30. The zero-order valence-electron chi connectivity index (χ0n) is 19.2. The van der Waals surface area contributed by atoms with E-state index in [1.165, 1.54) is 0 Å². The van der Waals surface area contributed by atoms with Crippen LogP contribution < -0.4 is 9.80 Å². The molecule has 3 N–H and O–H groups in total. The van der Waals surface area contributed by atoms with Crippen LogP contribution in [0.15, 0.2) is 46.8 Å². The molecule has 0 aliphatic rings. The molecule has 1 atom stereocenters. The summed E-state index contributed by atoms with van der Waals surface area (Å²) in [5.74, 6) is 0. The predicted molar refractivity (Wildman–Crippen MR) is 129 cm³/mol. The van der Waals surface area contributed by atoms with Crippen molar-refractivity contribution in [2.24, 2.45) is 10.4 Å². The summed E-state index contributed by atoms with van der Waals surface area (Å²) in [5, 5.41) is 33.0. The van der Waals surface area contributed by atoms with Crippen molar-refractivity contribution in [1.29, 1.82) is 0 Å². The number of aryl methyl sites for hydroxylation is 2. The van der Waals surface area contributed by atoms with Crippen LogP contribution >= 0.6 is 0 Å². The van der Waals surface area contributed by atoms with Crippen molar-refractivity contribution in [3.63, 3.8) is 0 Å². The van der Waals surface area contributed by atoms with Gasteiger partial charge in [-0.3, -0.25) is 0 Å². The van der Waals surface area contributed by atoms with E-state index in [9.17, 15) is 14.9 Å². The lowest BCUT2D eigenvalue weighted by Crippen LogP contribution is -2.34. The van der Waals surface area contributed by atoms with Crippen LogP contribution in [0.2, 0.25) is 0 Å². The van der Waals surface area contributed by atoms with E-state index in [1.54, 1.807) is 18.2 Å². The quantitative estimate of drug-likeness (QED) is 0.448. The molecule has 2 aromatic rings. The lowest BCUT2D eigenvalue weighted by atomic mass is 10.1. The summed E-state index contributed by atoms with van der Waals surface area (Å²) in [4.78, 5) is 24.8. The summed E-state index contributed by atoms with van der Waals surface area (Å²) >= 11 is 0. The Morgan fingerprint density at radius 3 is 1.66 bits per heavy atom. The molecule has 0 aromatic heterocycles. The molecule has 1 unspecified atom stereocenters. The number of hydrogen-bond acceptors (Lipinski definition) is 9. The first kappa shape index (κ1) is 27.2. The fourth-order valence-corrected chi connectivity index (χ4v) is 3.20. The third-order valence-electron chi connectivity index (χ3n) is 5.06. The fourth-order valence-electron chi connectivity index (χ4n) is 3.20. The van der Waals surface area contributed by atoms with Crippen LogP contribution in [0.4, 0.5) is 22.7 Å². The lowest BCUT2D eigenvalue weighted by Gasteiger charge is -2.25. The number of likely N-dealkylation sites (N-methyl/N-ethyl adjacent to an activating group) is 2. The highest BCUT2D eigenvalue weighted by Gasteiger charge is 2.11. The Labute approximate surface area is 189 Å². The maximum Gasteiger partial charge on any atom is 0.111 e. The van der Waals surface area contributed by atoms with Gasteiger partial charge in [0.1, 0.15) is 11.4 Å². The fraction of sp³-hybridized carbons (Fsp3) is 0.478. The average Bonchev–Trinajstić information content (AvgIpc) is 2.81. The Morgan fingerprint density at radius 1 is 0.844 bits per heavy atom. The van der Waals surface area contributed by atoms with Crippen LogP contribution in [-0.2, 0) is 0 Å². The third kappa shape index (κ3) is 7.99. The number of nitroso groups, excluding NO2 is 2. The van der Waals surface area contributed by atoms with Gasteiger partial charge >= 0.3 is 0 Å². The summed E-state index contributed by atoms with van der Waals surface area (Å²) < 4.78 is 0. The van der Waals surface area contributed by atoms with E-state index in [2.05, 4.69) is 10.4 Å². The van der Waals surface area contributed by atoms with E-state index in [0.29, 0.717) is 31.0 Å². The first-order valence-corrected chi connectivity index (χ1v) is 10.6. The summed E-state index contributed by atoms with van der Waals surface area (Å²) in [7, 11) is 0. The molecule has 0 aliphatic carbocycles. The van der Waals surface area contributed by atoms with Gasteiger partial charge in [0, 0.05) is 37.6 Å². The number of nitrogens with zero attached hydrogens (tertiary/aromatic N) is 4. The van der Waals surface area contributed by atoms with Crippen LogP contribution in [-0.4, -0.2) is 60.8 Å². The van der Waals surface area contributed by atoms with Crippen LogP contribution in [0, 0.1) is 23.7 Å². The van der Waals surface area contributed by atoms with Crippen molar-refractivity contribution in [3.8, 4) is 0 Å². The van der Waals surface area contributed by atoms with Crippen molar-refractivity contribution < 1.29 is 15.3 Å². The van der Waals surface area contributed by atoms with Gasteiger partial charge in [-0.15, -0.1) is 9.81 Å². The van der Waals surface area contributed by atoms with Crippen LogP contribution in [0.3, 0.4) is 0 Å². The molecule has 2 aromatic carbocycles. The van der Waals surface area contributed by atoms with Gasteiger partial charge in [0.15, 0.2) is 0 Å². The average molecular weight is 447 g/mol. The molecule has 0 radical (unpaired) electrons. The normalized spacial score (nSPS) is 11.2. The minimum Gasteiger partial charge on any atom is -0.395 e. The highest BCUT2D eigenvalue weighted by Crippen LogP contribution is 2.25. The second-order valence-electron chi connectivity index (χ2n) is 7.30. The number of aliphatic hydroxyl groups excluding tert-OH is 3. The highest BCUT2D eigenvalue weighted by molar-refractivity contribution is 5.58.